The predicted octanol–water partition coefficient (Wildman–Crippen LogP) is 5.36. The zero-order valence-electron chi connectivity index (χ0n) is 16.2. The molecule has 2 N–H and O–H groups in total. The van der Waals surface area contributed by atoms with Crippen LogP contribution in [0.5, 0.6) is 5.75 Å². The lowest BCUT2D eigenvalue weighted by atomic mass is 10.00. The minimum atomic E-state index is -0.286. The molecule has 148 valence electrons. The Kier molecular flexibility index (Phi) is 5.98. The molecule has 29 heavy (non-hydrogen) atoms. The predicted molar refractivity (Wildman–Crippen MR) is 117 cm³/mol. The van der Waals surface area contributed by atoms with Crippen LogP contribution in [0.25, 0.3) is 11.1 Å². The molecule has 0 saturated heterocycles. The van der Waals surface area contributed by atoms with E-state index in [0.29, 0.717) is 12.2 Å². The van der Waals surface area contributed by atoms with E-state index in [-0.39, 0.29) is 18.4 Å². The maximum atomic E-state index is 12.3. The van der Waals surface area contributed by atoms with E-state index >= 15 is 0 Å². The van der Waals surface area contributed by atoms with E-state index < -0.39 is 0 Å². The molecule has 1 atom stereocenters. The van der Waals surface area contributed by atoms with Crippen molar-refractivity contribution < 1.29 is 9.53 Å². The molecular weight excluding hydrogens is 382 g/mol. The molecule has 0 radical (unpaired) electrons. The van der Waals surface area contributed by atoms with Crippen molar-refractivity contribution in [2.45, 2.75) is 38.1 Å². The summed E-state index contributed by atoms with van der Waals surface area (Å²) < 4.78 is 5.50. The van der Waals surface area contributed by atoms with Gasteiger partial charge in [-0.2, -0.15) is 0 Å². The van der Waals surface area contributed by atoms with E-state index in [1.807, 2.05) is 48.5 Å². The zero-order chi connectivity index (χ0) is 20.2. The van der Waals surface area contributed by atoms with Crippen LogP contribution in [0.3, 0.4) is 0 Å². The fraction of sp³-hybridized carbons (Fsp3) is 0.240. The first-order chi connectivity index (χ1) is 14.1. The quantitative estimate of drug-likeness (QED) is 0.443. The molecule has 3 aromatic carbocycles. The van der Waals surface area contributed by atoms with Gasteiger partial charge >= 0.3 is 5.97 Å². The number of hydrogen-bond donors (Lipinski definition) is 1. The molecule has 1 aliphatic carbocycles. The molecule has 0 aromatic heterocycles. The number of esters is 1. The Morgan fingerprint density at radius 3 is 2.55 bits per heavy atom. The number of halogens is 1. The molecule has 0 amide bonds. The highest BCUT2D eigenvalue weighted by Gasteiger charge is 2.15. The topological polar surface area (TPSA) is 52.3 Å². The Morgan fingerprint density at radius 2 is 1.76 bits per heavy atom. The van der Waals surface area contributed by atoms with Gasteiger partial charge in [0.15, 0.2) is 0 Å². The molecule has 0 aliphatic heterocycles. The smallest absolute Gasteiger partial charge is 0.312 e. The fourth-order valence-corrected chi connectivity index (χ4v) is 4.07. The van der Waals surface area contributed by atoms with Crippen LogP contribution in [0.1, 0.15) is 29.5 Å². The Morgan fingerprint density at radius 1 is 0.966 bits per heavy atom. The van der Waals surface area contributed by atoms with E-state index in [1.165, 1.54) is 17.5 Å². The molecule has 0 fully saturated rings. The van der Waals surface area contributed by atoms with Crippen LogP contribution in [0.2, 0.25) is 5.02 Å². The molecule has 0 spiro atoms. The maximum absolute atomic E-state index is 12.3. The number of nitrogens with two attached hydrogens (primary N) is 1. The van der Waals surface area contributed by atoms with Gasteiger partial charge in [-0.1, -0.05) is 54.1 Å². The first kappa shape index (κ1) is 19.7. The highest BCUT2D eigenvalue weighted by Crippen LogP contribution is 2.26. The maximum Gasteiger partial charge on any atom is 0.312 e. The third-order valence-corrected chi connectivity index (χ3v) is 5.58. The third-order valence-electron chi connectivity index (χ3n) is 5.34. The molecule has 4 rings (SSSR count). The van der Waals surface area contributed by atoms with Crippen LogP contribution in [0, 0.1) is 0 Å². The molecule has 3 aromatic rings. The van der Waals surface area contributed by atoms with Gasteiger partial charge in [0.05, 0.1) is 6.42 Å². The molecule has 3 nitrogen and oxygen atoms in total. The first-order valence-electron chi connectivity index (χ1n) is 10.00. The van der Waals surface area contributed by atoms with Gasteiger partial charge in [-0.25, -0.2) is 0 Å². The summed E-state index contributed by atoms with van der Waals surface area (Å²) in [6, 6.07) is 21.6. The largest absolute Gasteiger partial charge is 0.426 e. The number of fused-ring (bicyclic) bond motifs is 1. The normalized spacial score (nSPS) is 13.7. The molecule has 1 aliphatic rings. The van der Waals surface area contributed by atoms with Crippen molar-refractivity contribution in [1.82, 2.24) is 0 Å². The Labute approximate surface area is 176 Å². The second-order valence-electron chi connectivity index (χ2n) is 7.63. The number of ether oxygens (including phenoxy) is 1. The molecule has 0 bridgehead atoms. The molecule has 0 heterocycles. The van der Waals surface area contributed by atoms with Gasteiger partial charge in [-0.15, -0.1) is 0 Å². The number of carbonyl (C=O) groups excluding carboxylic acids is 1. The van der Waals surface area contributed by atoms with Gasteiger partial charge in [0, 0.05) is 11.1 Å². The SMILES string of the molecule is N[C@@H](CC(=O)Oc1ccc2c(c1)CCC2)Cc1ccc(-c2cccc(Cl)c2)cc1. The summed E-state index contributed by atoms with van der Waals surface area (Å²) in [5.74, 6) is 0.333. The summed E-state index contributed by atoms with van der Waals surface area (Å²) in [7, 11) is 0. The number of benzene rings is 3. The zero-order valence-corrected chi connectivity index (χ0v) is 17.0. The highest BCUT2D eigenvalue weighted by atomic mass is 35.5. The van der Waals surface area contributed by atoms with Crippen LogP contribution in [-0.2, 0) is 24.1 Å². The second-order valence-corrected chi connectivity index (χ2v) is 8.07. The summed E-state index contributed by atoms with van der Waals surface area (Å²) in [5, 5.41) is 0.718. The summed E-state index contributed by atoms with van der Waals surface area (Å²) in [6.45, 7) is 0. The lowest BCUT2D eigenvalue weighted by Gasteiger charge is -2.12. The lowest BCUT2D eigenvalue weighted by molar-refractivity contribution is -0.134. The highest BCUT2D eigenvalue weighted by molar-refractivity contribution is 6.30. The summed E-state index contributed by atoms with van der Waals surface area (Å²) in [4.78, 5) is 12.3. The first-order valence-corrected chi connectivity index (χ1v) is 10.4. The lowest BCUT2D eigenvalue weighted by Crippen LogP contribution is -2.28. The van der Waals surface area contributed by atoms with Crippen molar-refractivity contribution in [3.05, 3.63) is 88.4 Å². The number of hydrogen-bond acceptors (Lipinski definition) is 3. The van der Waals surface area contributed by atoms with Crippen LogP contribution >= 0.6 is 11.6 Å². The van der Waals surface area contributed by atoms with Crippen LogP contribution in [0.15, 0.2) is 66.7 Å². The van der Waals surface area contributed by atoms with E-state index in [0.717, 1.165) is 34.6 Å². The van der Waals surface area contributed by atoms with E-state index in [9.17, 15) is 4.79 Å². The number of carbonyl (C=O) groups is 1. The standard InChI is InChI=1S/C25H24ClNO2/c26-22-6-2-5-20(14-22)19-9-7-17(8-10-19)13-23(27)16-25(28)29-24-12-11-18-3-1-4-21(18)15-24/h2,5-12,14-15,23H,1,3-4,13,16,27H2/t23-/m1/s1. The van der Waals surface area contributed by atoms with Crippen molar-refractivity contribution in [1.29, 1.82) is 0 Å². The average Bonchev–Trinajstić information content (AvgIpc) is 3.16. The number of aryl methyl sites for hydroxylation is 2. The van der Waals surface area contributed by atoms with Gasteiger partial charge in [0.1, 0.15) is 5.75 Å². The molecule has 0 unspecified atom stereocenters. The van der Waals surface area contributed by atoms with Crippen LogP contribution in [-0.4, -0.2) is 12.0 Å². The Hall–Kier alpha value is -2.62. The second kappa shape index (κ2) is 8.81. The van der Waals surface area contributed by atoms with Crippen LogP contribution < -0.4 is 10.5 Å². The van der Waals surface area contributed by atoms with Crippen molar-refractivity contribution in [2.24, 2.45) is 5.73 Å². The Balaban J connectivity index is 1.32. The van der Waals surface area contributed by atoms with Gasteiger partial charge in [0.25, 0.3) is 0 Å². The van der Waals surface area contributed by atoms with Gasteiger partial charge in [-0.3, -0.25) is 4.79 Å². The number of rotatable bonds is 6. The van der Waals surface area contributed by atoms with Crippen molar-refractivity contribution in [2.75, 3.05) is 0 Å². The summed E-state index contributed by atoms with van der Waals surface area (Å²) in [6.07, 6.45) is 4.16. The molecule has 0 saturated carbocycles. The minimum absolute atomic E-state index is 0.188. The van der Waals surface area contributed by atoms with Gasteiger partial charge in [-0.05, 0) is 77.8 Å². The summed E-state index contributed by atoms with van der Waals surface area (Å²) >= 11 is 6.07. The third kappa shape index (κ3) is 5.06. The van der Waals surface area contributed by atoms with E-state index in [1.54, 1.807) is 0 Å². The molecule has 4 heteroatoms. The molecular formula is C25H24ClNO2. The Bertz CT molecular complexity index is 1010. The van der Waals surface area contributed by atoms with Crippen molar-refractivity contribution in [3.8, 4) is 16.9 Å². The van der Waals surface area contributed by atoms with Crippen LogP contribution in [0.4, 0.5) is 0 Å². The van der Waals surface area contributed by atoms with Crippen molar-refractivity contribution in [3.63, 3.8) is 0 Å². The average molecular weight is 406 g/mol. The monoisotopic (exact) mass is 405 g/mol. The van der Waals surface area contributed by atoms with Gasteiger partial charge < -0.3 is 10.5 Å². The van der Waals surface area contributed by atoms with Crippen molar-refractivity contribution >= 4 is 17.6 Å². The minimum Gasteiger partial charge on any atom is -0.426 e. The fourth-order valence-electron chi connectivity index (χ4n) is 3.88. The van der Waals surface area contributed by atoms with E-state index in [4.69, 9.17) is 22.1 Å². The summed E-state index contributed by atoms with van der Waals surface area (Å²) in [5.41, 5.74) is 12.1. The van der Waals surface area contributed by atoms with E-state index in [2.05, 4.69) is 18.2 Å². The van der Waals surface area contributed by atoms with Gasteiger partial charge in [0.2, 0.25) is 0 Å².